The molecule has 1 heterocycles. The largest absolute Gasteiger partial charge is 0.350 e. The number of non-ortho nitro benzene ring substituents is 1. The second-order valence-electron chi connectivity index (χ2n) is 5.30. The second-order valence-corrected chi connectivity index (χ2v) is 6.38. The van der Waals surface area contributed by atoms with Crippen molar-refractivity contribution in [2.24, 2.45) is 11.7 Å². The summed E-state index contributed by atoms with van der Waals surface area (Å²) in [7, 11) is 0. The Morgan fingerprint density at radius 3 is 2.82 bits per heavy atom. The van der Waals surface area contributed by atoms with Crippen LogP contribution in [0.3, 0.4) is 0 Å². The highest BCUT2D eigenvalue weighted by Crippen LogP contribution is 2.31. The monoisotopic (exact) mass is 341 g/mol. The van der Waals surface area contributed by atoms with E-state index in [1.54, 1.807) is 12.1 Å². The molecular formula is C14H16ClN3O3S. The minimum absolute atomic E-state index is 0. The molecule has 22 heavy (non-hydrogen) atoms. The molecule has 3 rings (SSSR count). The maximum Gasteiger partial charge on any atom is 0.270 e. The van der Waals surface area contributed by atoms with E-state index in [1.165, 1.54) is 23.5 Å². The van der Waals surface area contributed by atoms with Gasteiger partial charge in [0.05, 0.1) is 9.80 Å². The van der Waals surface area contributed by atoms with E-state index >= 15 is 0 Å². The highest BCUT2D eigenvalue weighted by Gasteiger charge is 2.28. The van der Waals surface area contributed by atoms with Crippen LogP contribution in [0.4, 0.5) is 5.69 Å². The van der Waals surface area contributed by atoms with Gasteiger partial charge in [-0.25, -0.2) is 0 Å². The number of nitro benzene ring substituents is 1. The maximum absolute atomic E-state index is 12.1. The third-order valence-electron chi connectivity index (χ3n) is 3.66. The molecule has 0 radical (unpaired) electrons. The number of nitro groups is 1. The molecule has 1 atom stereocenters. The molecule has 1 aliphatic rings. The summed E-state index contributed by atoms with van der Waals surface area (Å²) in [6.07, 6.45) is 2.28. The molecule has 0 aliphatic heterocycles. The van der Waals surface area contributed by atoms with Crippen LogP contribution in [0.2, 0.25) is 0 Å². The molecule has 0 saturated heterocycles. The number of carbonyl (C=O) groups excluding carboxylic acids is 1. The van der Waals surface area contributed by atoms with Crippen LogP contribution >= 0.6 is 23.7 Å². The smallest absolute Gasteiger partial charge is 0.270 e. The summed E-state index contributed by atoms with van der Waals surface area (Å²) in [6, 6.07) is 6.31. The summed E-state index contributed by atoms with van der Waals surface area (Å²) in [4.78, 5) is 22.9. The zero-order valence-corrected chi connectivity index (χ0v) is 13.3. The fourth-order valence-electron chi connectivity index (χ4n) is 2.24. The number of nitrogens with zero attached hydrogens (tertiary/aromatic N) is 1. The van der Waals surface area contributed by atoms with E-state index in [9.17, 15) is 14.9 Å². The normalized spacial score (nSPS) is 15.1. The molecule has 1 aromatic heterocycles. The number of nitrogens with two attached hydrogens (primary N) is 1. The van der Waals surface area contributed by atoms with Gasteiger partial charge in [-0.15, -0.1) is 23.7 Å². The van der Waals surface area contributed by atoms with E-state index in [0.29, 0.717) is 22.7 Å². The van der Waals surface area contributed by atoms with Gasteiger partial charge in [-0.2, -0.15) is 0 Å². The van der Waals surface area contributed by atoms with E-state index in [-0.39, 0.29) is 30.0 Å². The lowest BCUT2D eigenvalue weighted by atomic mass is 10.2. The van der Waals surface area contributed by atoms with Gasteiger partial charge in [0.15, 0.2) is 0 Å². The number of halogens is 1. The summed E-state index contributed by atoms with van der Waals surface area (Å²) in [5, 5.41) is 14.3. The average Bonchev–Trinajstić information content (AvgIpc) is 3.22. The van der Waals surface area contributed by atoms with Gasteiger partial charge < -0.3 is 11.1 Å². The van der Waals surface area contributed by atoms with Gasteiger partial charge in [0.25, 0.3) is 11.6 Å². The molecule has 0 bridgehead atoms. The van der Waals surface area contributed by atoms with Gasteiger partial charge in [0.1, 0.15) is 0 Å². The van der Waals surface area contributed by atoms with Crippen LogP contribution in [-0.2, 0) is 0 Å². The highest BCUT2D eigenvalue weighted by molar-refractivity contribution is 7.20. The van der Waals surface area contributed by atoms with Crippen molar-refractivity contribution < 1.29 is 9.72 Å². The average molecular weight is 342 g/mol. The van der Waals surface area contributed by atoms with Gasteiger partial charge >= 0.3 is 0 Å². The van der Waals surface area contributed by atoms with E-state index in [2.05, 4.69) is 5.32 Å². The van der Waals surface area contributed by atoms with Gasteiger partial charge in [-0.05, 0) is 30.9 Å². The molecule has 1 amide bonds. The quantitative estimate of drug-likeness (QED) is 0.645. The predicted octanol–water partition coefficient (Wildman–Crippen LogP) is 2.70. The zero-order valence-electron chi connectivity index (χ0n) is 11.7. The number of thiophene rings is 1. The van der Waals surface area contributed by atoms with Crippen molar-refractivity contribution in [1.82, 2.24) is 5.32 Å². The zero-order chi connectivity index (χ0) is 15.0. The van der Waals surface area contributed by atoms with Gasteiger partial charge in [0.2, 0.25) is 0 Å². The molecule has 1 aliphatic carbocycles. The van der Waals surface area contributed by atoms with Crippen LogP contribution in [0.5, 0.6) is 0 Å². The number of nitrogens with one attached hydrogen (secondary N) is 1. The number of amides is 1. The second kappa shape index (κ2) is 6.60. The summed E-state index contributed by atoms with van der Waals surface area (Å²) < 4.78 is 0.859. The lowest BCUT2D eigenvalue weighted by Crippen LogP contribution is -2.38. The Labute approximate surface area is 137 Å². The SMILES string of the molecule is Cl.NC(CNC(=O)c1cc2cc([N+](=O)[O-])ccc2s1)C1CC1. The van der Waals surface area contributed by atoms with Crippen LogP contribution in [0.25, 0.3) is 10.1 Å². The number of fused-ring (bicyclic) bond motifs is 1. The first kappa shape index (κ1) is 16.7. The Morgan fingerprint density at radius 2 is 2.18 bits per heavy atom. The molecule has 1 saturated carbocycles. The molecule has 6 nitrogen and oxygen atoms in total. The van der Waals surface area contributed by atoms with Crippen LogP contribution in [0, 0.1) is 16.0 Å². The summed E-state index contributed by atoms with van der Waals surface area (Å²) >= 11 is 1.33. The molecular weight excluding hydrogens is 326 g/mol. The number of carbonyl (C=O) groups is 1. The lowest BCUT2D eigenvalue weighted by molar-refractivity contribution is -0.384. The predicted molar refractivity (Wildman–Crippen MR) is 88.8 cm³/mol. The van der Waals surface area contributed by atoms with Gasteiger partial charge in [-0.1, -0.05) is 0 Å². The topological polar surface area (TPSA) is 98.3 Å². The molecule has 1 unspecified atom stereocenters. The fourth-order valence-corrected chi connectivity index (χ4v) is 3.20. The Morgan fingerprint density at radius 1 is 1.45 bits per heavy atom. The number of hydrogen-bond donors (Lipinski definition) is 2. The molecule has 0 spiro atoms. The molecule has 118 valence electrons. The number of hydrogen-bond acceptors (Lipinski definition) is 5. The van der Waals surface area contributed by atoms with E-state index in [4.69, 9.17) is 5.73 Å². The van der Waals surface area contributed by atoms with Crippen molar-refractivity contribution in [1.29, 1.82) is 0 Å². The van der Waals surface area contributed by atoms with Crippen molar-refractivity contribution in [2.45, 2.75) is 18.9 Å². The van der Waals surface area contributed by atoms with Crippen molar-refractivity contribution >= 4 is 45.4 Å². The van der Waals surface area contributed by atoms with E-state index < -0.39 is 4.92 Å². The Balaban J connectivity index is 0.00000176. The van der Waals surface area contributed by atoms with Crippen molar-refractivity contribution in [3.63, 3.8) is 0 Å². The van der Waals surface area contributed by atoms with Crippen LogP contribution in [0.1, 0.15) is 22.5 Å². The van der Waals surface area contributed by atoms with Gasteiger partial charge in [-0.3, -0.25) is 14.9 Å². The molecule has 2 aromatic rings. The molecule has 8 heteroatoms. The molecule has 1 aromatic carbocycles. The summed E-state index contributed by atoms with van der Waals surface area (Å²) in [5.41, 5.74) is 5.98. The standard InChI is InChI=1S/C14H15N3O3S.ClH/c15-11(8-1-2-8)7-16-14(18)13-6-9-5-10(17(19)20)3-4-12(9)21-13;/h3-6,8,11H,1-2,7,15H2,(H,16,18);1H. The van der Waals surface area contributed by atoms with Gasteiger partial charge in [0, 0.05) is 34.8 Å². The van der Waals surface area contributed by atoms with Crippen LogP contribution in [-0.4, -0.2) is 23.4 Å². The van der Waals surface area contributed by atoms with E-state index in [1.807, 2.05) is 0 Å². The van der Waals surface area contributed by atoms with Crippen LogP contribution < -0.4 is 11.1 Å². The third-order valence-corrected chi connectivity index (χ3v) is 4.78. The number of benzene rings is 1. The summed E-state index contributed by atoms with van der Waals surface area (Å²) in [5.74, 6) is 0.366. The van der Waals surface area contributed by atoms with Crippen LogP contribution in [0.15, 0.2) is 24.3 Å². The van der Waals surface area contributed by atoms with Crippen molar-refractivity contribution in [2.75, 3.05) is 6.54 Å². The summed E-state index contributed by atoms with van der Waals surface area (Å²) in [6.45, 7) is 0.470. The minimum atomic E-state index is -0.439. The fraction of sp³-hybridized carbons (Fsp3) is 0.357. The third kappa shape index (κ3) is 3.55. The first-order chi connectivity index (χ1) is 10.0. The first-order valence-corrected chi connectivity index (χ1v) is 7.58. The first-order valence-electron chi connectivity index (χ1n) is 6.76. The maximum atomic E-state index is 12.1. The van der Waals surface area contributed by atoms with E-state index in [0.717, 1.165) is 17.5 Å². The number of rotatable bonds is 5. The Kier molecular flexibility index (Phi) is 5.00. The lowest BCUT2D eigenvalue weighted by Gasteiger charge is -2.10. The Hall–Kier alpha value is -1.70. The highest BCUT2D eigenvalue weighted by atomic mass is 35.5. The van der Waals surface area contributed by atoms with Crippen molar-refractivity contribution in [3.8, 4) is 0 Å². The molecule has 1 fully saturated rings. The molecule has 3 N–H and O–H groups in total. The van der Waals surface area contributed by atoms with Crippen molar-refractivity contribution in [3.05, 3.63) is 39.3 Å². The minimum Gasteiger partial charge on any atom is -0.350 e. The Bertz CT molecular complexity index is 714.